The Morgan fingerprint density at radius 3 is 2.57 bits per heavy atom. The number of carbonyl (C=O) groups excluding carboxylic acids is 1. The van der Waals surface area contributed by atoms with Gasteiger partial charge < -0.3 is 5.32 Å². The third kappa shape index (κ3) is 2.67. The molecule has 0 radical (unpaired) electrons. The summed E-state index contributed by atoms with van der Waals surface area (Å²) in [5, 5.41) is 2.32. The van der Waals surface area contributed by atoms with Crippen LogP contribution in [0, 0.1) is 18.6 Å². The maximum Gasteiger partial charge on any atom is 0.274 e. The van der Waals surface area contributed by atoms with Crippen molar-refractivity contribution in [3.05, 3.63) is 65.1 Å². The van der Waals surface area contributed by atoms with E-state index in [1.807, 2.05) is 19.9 Å². The summed E-state index contributed by atoms with van der Waals surface area (Å²) in [6.07, 6.45) is 2.30. The molecular formula is C17H15F2N3O. The number of anilines is 1. The Morgan fingerprint density at radius 2 is 1.91 bits per heavy atom. The Labute approximate surface area is 131 Å². The number of rotatable bonds is 3. The van der Waals surface area contributed by atoms with Crippen LogP contribution in [0.15, 0.2) is 36.5 Å². The van der Waals surface area contributed by atoms with E-state index >= 15 is 0 Å². The molecule has 0 saturated carbocycles. The van der Waals surface area contributed by atoms with Crippen LogP contribution in [0.4, 0.5) is 14.5 Å². The van der Waals surface area contributed by atoms with Gasteiger partial charge in [-0.3, -0.25) is 9.20 Å². The molecule has 0 atom stereocenters. The lowest BCUT2D eigenvalue weighted by molar-refractivity contribution is 0.101. The molecule has 0 saturated heterocycles. The SMILES string of the molecule is CCc1nc2ccc(C)cn2c1C(=O)Nc1c(F)cccc1F. The first kappa shape index (κ1) is 15.1. The average Bonchev–Trinajstić information content (AvgIpc) is 2.88. The lowest BCUT2D eigenvalue weighted by Crippen LogP contribution is -2.18. The fraction of sp³-hybridized carbons (Fsp3) is 0.176. The molecule has 4 nitrogen and oxygen atoms in total. The van der Waals surface area contributed by atoms with Gasteiger partial charge in [-0.25, -0.2) is 13.8 Å². The topological polar surface area (TPSA) is 46.4 Å². The largest absolute Gasteiger partial charge is 0.316 e. The Morgan fingerprint density at radius 1 is 1.22 bits per heavy atom. The molecule has 1 N–H and O–H groups in total. The first-order valence-corrected chi connectivity index (χ1v) is 7.24. The third-order valence-corrected chi connectivity index (χ3v) is 3.59. The molecule has 0 fully saturated rings. The molecule has 0 aliphatic carbocycles. The Kier molecular flexibility index (Phi) is 3.82. The fourth-order valence-corrected chi connectivity index (χ4v) is 2.48. The number of aromatic nitrogens is 2. The second-order valence-corrected chi connectivity index (χ2v) is 5.25. The summed E-state index contributed by atoms with van der Waals surface area (Å²) >= 11 is 0. The smallest absolute Gasteiger partial charge is 0.274 e. The van der Waals surface area contributed by atoms with Gasteiger partial charge in [-0.2, -0.15) is 0 Å². The highest BCUT2D eigenvalue weighted by atomic mass is 19.1. The van der Waals surface area contributed by atoms with Gasteiger partial charge in [0.2, 0.25) is 0 Å². The zero-order chi connectivity index (χ0) is 16.6. The molecule has 1 aromatic carbocycles. The predicted octanol–water partition coefficient (Wildman–Crippen LogP) is 3.74. The van der Waals surface area contributed by atoms with Crippen molar-refractivity contribution in [3.8, 4) is 0 Å². The summed E-state index contributed by atoms with van der Waals surface area (Å²) in [4.78, 5) is 17.0. The van der Waals surface area contributed by atoms with Crippen LogP contribution in [0.25, 0.3) is 5.65 Å². The van der Waals surface area contributed by atoms with E-state index in [4.69, 9.17) is 0 Å². The molecule has 1 amide bonds. The van der Waals surface area contributed by atoms with E-state index in [-0.39, 0.29) is 5.69 Å². The number of carbonyl (C=O) groups is 1. The van der Waals surface area contributed by atoms with Gasteiger partial charge in [0.15, 0.2) is 0 Å². The number of pyridine rings is 1. The quantitative estimate of drug-likeness (QED) is 0.800. The predicted molar refractivity (Wildman–Crippen MR) is 83.6 cm³/mol. The van der Waals surface area contributed by atoms with Crippen molar-refractivity contribution in [2.24, 2.45) is 0 Å². The summed E-state index contributed by atoms with van der Waals surface area (Å²) in [7, 11) is 0. The second-order valence-electron chi connectivity index (χ2n) is 5.25. The molecule has 6 heteroatoms. The van der Waals surface area contributed by atoms with Gasteiger partial charge in [0.05, 0.1) is 5.69 Å². The van der Waals surface area contributed by atoms with Crippen LogP contribution in [-0.2, 0) is 6.42 Å². The van der Waals surface area contributed by atoms with Crippen LogP contribution in [0.2, 0.25) is 0 Å². The lowest BCUT2D eigenvalue weighted by Gasteiger charge is -2.09. The van der Waals surface area contributed by atoms with E-state index in [0.717, 1.165) is 17.7 Å². The monoisotopic (exact) mass is 315 g/mol. The van der Waals surface area contributed by atoms with E-state index in [1.165, 1.54) is 6.07 Å². The summed E-state index contributed by atoms with van der Waals surface area (Å²) in [5.41, 5.74) is 1.97. The van der Waals surface area contributed by atoms with E-state index in [2.05, 4.69) is 10.3 Å². The highest BCUT2D eigenvalue weighted by Gasteiger charge is 2.20. The van der Waals surface area contributed by atoms with Crippen molar-refractivity contribution < 1.29 is 13.6 Å². The summed E-state index contributed by atoms with van der Waals surface area (Å²) in [5.74, 6) is -2.23. The van der Waals surface area contributed by atoms with Crippen molar-refractivity contribution in [2.75, 3.05) is 5.32 Å². The number of para-hydroxylation sites is 1. The minimum atomic E-state index is -0.818. The van der Waals surface area contributed by atoms with Crippen molar-refractivity contribution in [1.29, 1.82) is 0 Å². The van der Waals surface area contributed by atoms with Crippen LogP contribution >= 0.6 is 0 Å². The molecule has 0 aliphatic rings. The summed E-state index contributed by atoms with van der Waals surface area (Å²) in [6.45, 7) is 3.76. The maximum atomic E-state index is 13.7. The average molecular weight is 315 g/mol. The number of aryl methyl sites for hydroxylation is 2. The zero-order valence-corrected chi connectivity index (χ0v) is 12.7. The van der Waals surface area contributed by atoms with Gasteiger partial charge in [0, 0.05) is 6.20 Å². The molecule has 3 aromatic rings. The molecule has 0 bridgehead atoms. The van der Waals surface area contributed by atoms with Crippen molar-refractivity contribution in [2.45, 2.75) is 20.3 Å². The van der Waals surface area contributed by atoms with Crippen LogP contribution in [0.1, 0.15) is 28.7 Å². The Bertz CT molecular complexity index is 882. The minimum Gasteiger partial charge on any atom is -0.316 e. The number of nitrogens with zero attached hydrogens (tertiary/aromatic N) is 2. The van der Waals surface area contributed by atoms with E-state index < -0.39 is 23.2 Å². The summed E-state index contributed by atoms with van der Waals surface area (Å²) < 4.78 is 29.1. The number of nitrogens with one attached hydrogen (secondary N) is 1. The lowest BCUT2D eigenvalue weighted by atomic mass is 10.2. The number of hydrogen-bond donors (Lipinski definition) is 1. The fourth-order valence-electron chi connectivity index (χ4n) is 2.48. The van der Waals surface area contributed by atoms with Crippen molar-refractivity contribution in [1.82, 2.24) is 9.38 Å². The summed E-state index contributed by atoms with van der Waals surface area (Å²) in [6, 6.07) is 7.13. The Hall–Kier alpha value is -2.76. The minimum absolute atomic E-state index is 0.286. The van der Waals surface area contributed by atoms with E-state index in [9.17, 15) is 13.6 Å². The molecule has 2 aromatic heterocycles. The van der Waals surface area contributed by atoms with Gasteiger partial charge in [-0.1, -0.05) is 19.1 Å². The zero-order valence-electron chi connectivity index (χ0n) is 12.7. The van der Waals surface area contributed by atoms with Crippen LogP contribution in [-0.4, -0.2) is 15.3 Å². The first-order valence-electron chi connectivity index (χ1n) is 7.24. The van der Waals surface area contributed by atoms with Crippen LogP contribution in [0.5, 0.6) is 0 Å². The first-order chi connectivity index (χ1) is 11.0. The van der Waals surface area contributed by atoms with Gasteiger partial charge in [-0.15, -0.1) is 0 Å². The van der Waals surface area contributed by atoms with Crippen molar-refractivity contribution >= 4 is 17.2 Å². The molecule has 0 aliphatic heterocycles. The van der Waals surface area contributed by atoms with Gasteiger partial charge in [0.25, 0.3) is 5.91 Å². The molecule has 118 valence electrons. The van der Waals surface area contributed by atoms with E-state index in [1.54, 1.807) is 16.7 Å². The molecular weight excluding hydrogens is 300 g/mol. The van der Waals surface area contributed by atoms with Gasteiger partial charge >= 0.3 is 0 Å². The molecule has 2 heterocycles. The maximum absolute atomic E-state index is 13.7. The number of hydrogen-bond acceptors (Lipinski definition) is 2. The van der Waals surface area contributed by atoms with Crippen molar-refractivity contribution in [3.63, 3.8) is 0 Å². The number of imidazole rings is 1. The van der Waals surface area contributed by atoms with Crippen LogP contribution < -0.4 is 5.32 Å². The Balaban J connectivity index is 2.09. The van der Waals surface area contributed by atoms with Gasteiger partial charge in [-0.05, 0) is 37.1 Å². The molecule has 23 heavy (non-hydrogen) atoms. The second kappa shape index (κ2) is 5.79. The normalized spacial score (nSPS) is 11.0. The molecule has 0 unspecified atom stereocenters. The number of amides is 1. The van der Waals surface area contributed by atoms with Gasteiger partial charge in [0.1, 0.15) is 28.7 Å². The number of benzene rings is 1. The van der Waals surface area contributed by atoms with Crippen LogP contribution in [0.3, 0.4) is 0 Å². The van der Waals surface area contributed by atoms with E-state index in [0.29, 0.717) is 17.8 Å². The standard InChI is InChI=1S/C17H15F2N3O/c1-3-13-16(22-9-10(2)7-8-14(22)20-13)17(23)21-15-11(18)5-4-6-12(15)19/h4-9H,3H2,1-2H3,(H,21,23). The highest BCUT2D eigenvalue weighted by molar-refractivity contribution is 6.04. The third-order valence-electron chi connectivity index (χ3n) is 3.59. The highest BCUT2D eigenvalue weighted by Crippen LogP contribution is 2.21. The number of halogens is 2. The molecule has 0 spiro atoms. The molecule has 3 rings (SSSR count). The number of fused-ring (bicyclic) bond motifs is 1.